The fraction of sp³-hybridized carbons (Fsp3) is 0.174. The lowest BCUT2D eigenvalue weighted by Crippen LogP contribution is -2.20. The summed E-state index contributed by atoms with van der Waals surface area (Å²) in [4.78, 5) is 24.7. The van der Waals surface area contributed by atoms with Gasteiger partial charge in [-0.3, -0.25) is 9.59 Å². The molecule has 0 radical (unpaired) electrons. The van der Waals surface area contributed by atoms with Crippen LogP contribution in [0, 0.1) is 6.92 Å². The fourth-order valence-corrected chi connectivity index (χ4v) is 3.21. The van der Waals surface area contributed by atoms with Crippen LogP contribution in [0.1, 0.15) is 27.7 Å². The van der Waals surface area contributed by atoms with Gasteiger partial charge in [-0.15, -0.1) is 11.3 Å². The van der Waals surface area contributed by atoms with Crippen molar-refractivity contribution in [2.75, 3.05) is 18.5 Å². The molecule has 2 amide bonds. The van der Waals surface area contributed by atoms with Gasteiger partial charge < -0.3 is 14.8 Å². The van der Waals surface area contributed by atoms with Crippen LogP contribution in [0.3, 0.4) is 0 Å². The number of carbonyl (C=O) groups excluding carboxylic acids is 2. The van der Waals surface area contributed by atoms with E-state index in [4.69, 9.17) is 9.47 Å². The van der Waals surface area contributed by atoms with Gasteiger partial charge >= 0.3 is 0 Å². The number of carbonyl (C=O) groups is 2. The molecule has 2 aromatic carbocycles. The zero-order valence-corrected chi connectivity index (χ0v) is 18.1. The van der Waals surface area contributed by atoms with E-state index in [1.807, 2.05) is 43.5 Å². The number of anilines is 1. The Kier molecular flexibility index (Phi) is 7.78. The Morgan fingerprint density at radius 1 is 1.06 bits per heavy atom. The molecule has 0 bridgehead atoms. The number of nitrogens with zero attached hydrogens (tertiary/aromatic N) is 1. The Bertz CT molecular complexity index is 1050. The van der Waals surface area contributed by atoms with E-state index in [1.54, 1.807) is 30.3 Å². The highest BCUT2D eigenvalue weighted by molar-refractivity contribution is 7.12. The minimum Gasteiger partial charge on any atom is -0.490 e. The molecule has 0 saturated carbocycles. The number of hydrogen-bond acceptors (Lipinski definition) is 6. The Hall–Kier alpha value is -3.65. The molecule has 0 atom stereocenters. The van der Waals surface area contributed by atoms with E-state index in [-0.39, 0.29) is 18.4 Å². The first-order valence-electron chi connectivity index (χ1n) is 9.68. The highest BCUT2D eigenvalue weighted by atomic mass is 32.1. The van der Waals surface area contributed by atoms with Crippen LogP contribution in [0.2, 0.25) is 0 Å². The maximum atomic E-state index is 12.2. The van der Waals surface area contributed by atoms with Crippen molar-refractivity contribution in [3.05, 3.63) is 76.0 Å². The van der Waals surface area contributed by atoms with Crippen molar-refractivity contribution >= 4 is 35.1 Å². The number of nitrogens with one attached hydrogen (secondary N) is 2. The Labute approximate surface area is 184 Å². The molecule has 8 heteroatoms. The van der Waals surface area contributed by atoms with Gasteiger partial charge in [0.15, 0.2) is 18.1 Å². The number of hydrazone groups is 1. The van der Waals surface area contributed by atoms with Crippen LogP contribution in [0.25, 0.3) is 0 Å². The third-order valence-electron chi connectivity index (χ3n) is 4.09. The molecule has 7 nitrogen and oxygen atoms in total. The first-order valence-corrected chi connectivity index (χ1v) is 10.6. The lowest BCUT2D eigenvalue weighted by molar-refractivity contribution is -0.118. The molecular formula is C23H23N3O4S. The third-order valence-corrected chi connectivity index (χ3v) is 4.96. The van der Waals surface area contributed by atoms with E-state index in [9.17, 15) is 9.59 Å². The number of benzene rings is 2. The van der Waals surface area contributed by atoms with Gasteiger partial charge in [-0.25, -0.2) is 5.43 Å². The number of ether oxygens (including phenoxy) is 2. The maximum Gasteiger partial charge on any atom is 0.281 e. The van der Waals surface area contributed by atoms with E-state index in [2.05, 4.69) is 15.8 Å². The van der Waals surface area contributed by atoms with Gasteiger partial charge in [0, 0.05) is 5.69 Å². The molecule has 31 heavy (non-hydrogen) atoms. The molecular weight excluding hydrogens is 414 g/mol. The Morgan fingerprint density at radius 2 is 1.87 bits per heavy atom. The SMILES string of the molecule is CCOc1cc(/C=N/NC(=O)c2cccs2)ccc1OCC(=O)Nc1ccc(C)cc1. The van der Waals surface area contributed by atoms with Gasteiger partial charge in [0.05, 0.1) is 17.7 Å². The van der Waals surface area contributed by atoms with Crippen molar-refractivity contribution in [1.29, 1.82) is 0 Å². The summed E-state index contributed by atoms with van der Waals surface area (Å²) in [5, 5.41) is 8.59. The number of rotatable bonds is 9. The van der Waals surface area contributed by atoms with Crippen molar-refractivity contribution < 1.29 is 19.1 Å². The molecule has 0 aliphatic rings. The standard InChI is InChI=1S/C23H23N3O4S/c1-3-29-20-13-17(14-24-26-23(28)21-5-4-12-31-21)8-11-19(20)30-15-22(27)25-18-9-6-16(2)7-10-18/h4-14H,3,15H2,1-2H3,(H,25,27)(H,26,28)/b24-14+. The zero-order chi connectivity index (χ0) is 22.1. The summed E-state index contributed by atoms with van der Waals surface area (Å²) in [6.07, 6.45) is 1.52. The minimum atomic E-state index is -0.270. The van der Waals surface area contributed by atoms with Crippen LogP contribution in [0.4, 0.5) is 5.69 Å². The average molecular weight is 438 g/mol. The van der Waals surface area contributed by atoms with Gasteiger partial charge in [0.1, 0.15) is 0 Å². The van der Waals surface area contributed by atoms with Crippen LogP contribution >= 0.6 is 11.3 Å². The summed E-state index contributed by atoms with van der Waals surface area (Å²) in [7, 11) is 0. The number of hydrogen-bond donors (Lipinski definition) is 2. The third kappa shape index (κ3) is 6.68. The summed E-state index contributed by atoms with van der Waals surface area (Å²) in [5.74, 6) is 0.393. The second-order valence-corrected chi connectivity index (χ2v) is 7.47. The molecule has 0 unspecified atom stereocenters. The average Bonchev–Trinajstić information content (AvgIpc) is 3.30. The van der Waals surface area contributed by atoms with Crippen molar-refractivity contribution in [1.82, 2.24) is 5.43 Å². The molecule has 3 rings (SSSR count). The number of aryl methyl sites for hydroxylation is 1. The first-order chi connectivity index (χ1) is 15.0. The molecule has 1 aromatic heterocycles. The molecule has 160 valence electrons. The smallest absolute Gasteiger partial charge is 0.281 e. The largest absolute Gasteiger partial charge is 0.490 e. The topological polar surface area (TPSA) is 89.0 Å². The summed E-state index contributed by atoms with van der Waals surface area (Å²) in [6.45, 7) is 4.12. The van der Waals surface area contributed by atoms with E-state index in [0.717, 1.165) is 5.56 Å². The second kappa shape index (κ2) is 10.9. The van der Waals surface area contributed by atoms with E-state index in [1.165, 1.54) is 17.6 Å². The predicted octanol–water partition coefficient (Wildman–Crippen LogP) is 4.24. The molecule has 0 spiro atoms. The highest BCUT2D eigenvalue weighted by Gasteiger charge is 2.10. The number of amides is 2. The number of thiophene rings is 1. The van der Waals surface area contributed by atoms with Crippen LogP contribution in [-0.4, -0.2) is 31.2 Å². The van der Waals surface area contributed by atoms with Gasteiger partial charge in [-0.1, -0.05) is 23.8 Å². The van der Waals surface area contributed by atoms with Crippen LogP contribution in [-0.2, 0) is 4.79 Å². The van der Waals surface area contributed by atoms with Crippen molar-refractivity contribution in [3.8, 4) is 11.5 Å². The van der Waals surface area contributed by atoms with Crippen molar-refractivity contribution in [3.63, 3.8) is 0 Å². The minimum absolute atomic E-state index is 0.155. The monoisotopic (exact) mass is 437 g/mol. The fourth-order valence-electron chi connectivity index (χ4n) is 2.60. The van der Waals surface area contributed by atoms with Gasteiger partial charge in [-0.2, -0.15) is 5.10 Å². The lowest BCUT2D eigenvalue weighted by atomic mass is 10.2. The second-order valence-electron chi connectivity index (χ2n) is 6.52. The molecule has 0 fully saturated rings. The van der Waals surface area contributed by atoms with Crippen LogP contribution in [0.15, 0.2) is 65.1 Å². The normalized spacial score (nSPS) is 10.6. The highest BCUT2D eigenvalue weighted by Crippen LogP contribution is 2.28. The van der Waals surface area contributed by atoms with Gasteiger partial charge in [-0.05, 0) is 61.2 Å². The summed E-state index contributed by atoms with van der Waals surface area (Å²) in [5.41, 5.74) is 5.02. The van der Waals surface area contributed by atoms with Crippen molar-refractivity contribution in [2.24, 2.45) is 5.10 Å². The maximum absolute atomic E-state index is 12.2. The molecule has 0 aliphatic heterocycles. The summed E-state index contributed by atoms with van der Waals surface area (Å²) in [6, 6.07) is 16.2. The van der Waals surface area contributed by atoms with E-state index in [0.29, 0.717) is 34.2 Å². The molecule has 0 saturated heterocycles. The van der Waals surface area contributed by atoms with E-state index < -0.39 is 0 Å². The summed E-state index contributed by atoms with van der Waals surface area (Å²) >= 11 is 1.34. The van der Waals surface area contributed by atoms with Crippen LogP contribution in [0.5, 0.6) is 11.5 Å². The Balaban J connectivity index is 1.58. The molecule has 1 heterocycles. The predicted molar refractivity (Wildman–Crippen MR) is 122 cm³/mol. The molecule has 3 aromatic rings. The zero-order valence-electron chi connectivity index (χ0n) is 17.3. The van der Waals surface area contributed by atoms with Crippen LogP contribution < -0.4 is 20.2 Å². The Morgan fingerprint density at radius 3 is 2.58 bits per heavy atom. The molecule has 2 N–H and O–H groups in total. The van der Waals surface area contributed by atoms with Gasteiger partial charge in [0.2, 0.25) is 0 Å². The van der Waals surface area contributed by atoms with E-state index >= 15 is 0 Å². The van der Waals surface area contributed by atoms with Gasteiger partial charge in [0.25, 0.3) is 11.8 Å². The first kappa shape index (κ1) is 22.0. The molecule has 0 aliphatic carbocycles. The lowest BCUT2D eigenvalue weighted by Gasteiger charge is -2.12. The quantitative estimate of drug-likeness (QED) is 0.387. The summed E-state index contributed by atoms with van der Waals surface area (Å²) < 4.78 is 11.3. The van der Waals surface area contributed by atoms with Crippen molar-refractivity contribution in [2.45, 2.75) is 13.8 Å².